The fourth-order valence-electron chi connectivity index (χ4n) is 2.44. The minimum absolute atomic E-state index is 0. The fraction of sp³-hybridized carbons (Fsp3) is 0.462. The van der Waals surface area contributed by atoms with Crippen LogP contribution in [0.4, 0.5) is 5.69 Å². The van der Waals surface area contributed by atoms with E-state index in [-0.39, 0.29) is 24.4 Å². The van der Waals surface area contributed by atoms with Gasteiger partial charge in [-0.25, -0.2) is 0 Å². The molecule has 2 aliphatic rings. The lowest BCUT2D eigenvalue weighted by atomic mass is 10.1. The molecule has 1 aliphatic carbocycles. The van der Waals surface area contributed by atoms with E-state index in [9.17, 15) is 4.79 Å². The molecule has 0 saturated carbocycles. The van der Waals surface area contributed by atoms with Crippen molar-refractivity contribution in [1.29, 1.82) is 0 Å². The molecule has 1 fully saturated rings. The van der Waals surface area contributed by atoms with Crippen LogP contribution in [0.1, 0.15) is 17.5 Å². The van der Waals surface area contributed by atoms with Crippen molar-refractivity contribution in [2.45, 2.75) is 25.3 Å². The molecule has 1 amide bonds. The van der Waals surface area contributed by atoms with E-state index in [1.54, 1.807) is 11.8 Å². The quantitative estimate of drug-likeness (QED) is 0.875. The predicted octanol–water partition coefficient (Wildman–Crippen LogP) is 2.20. The average Bonchev–Trinajstić information content (AvgIpc) is 2.99. The van der Waals surface area contributed by atoms with Crippen molar-refractivity contribution >= 4 is 35.8 Å². The van der Waals surface area contributed by atoms with E-state index in [0.29, 0.717) is 0 Å². The summed E-state index contributed by atoms with van der Waals surface area (Å²) in [4.78, 5) is 11.9. The van der Waals surface area contributed by atoms with Crippen molar-refractivity contribution in [3.63, 3.8) is 0 Å². The SMILES string of the molecule is Cl.O=C(Nc1ccc2c(c1)CCC2)C1CSCN1. The summed E-state index contributed by atoms with van der Waals surface area (Å²) in [6.07, 6.45) is 3.58. The van der Waals surface area contributed by atoms with Gasteiger partial charge in [0.15, 0.2) is 0 Å². The third-order valence-electron chi connectivity index (χ3n) is 3.40. The van der Waals surface area contributed by atoms with Crippen LogP contribution in [0.5, 0.6) is 0 Å². The van der Waals surface area contributed by atoms with Gasteiger partial charge in [0, 0.05) is 17.3 Å². The largest absolute Gasteiger partial charge is 0.325 e. The molecule has 0 radical (unpaired) electrons. The van der Waals surface area contributed by atoms with E-state index in [1.807, 2.05) is 6.07 Å². The third kappa shape index (κ3) is 2.82. The van der Waals surface area contributed by atoms with E-state index < -0.39 is 0 Å². The van der Waals surface area contributed by atoms with Gasteiger partial charge in [0.1, 0.15) is 0 Å². The highest BCUT2D eigenvalue weighted by Crippen LogP contribution is 2.25. The normalized spacial score (nSPS) is 21.2. The maximum atomic E-state index is 11.9. The van der Waals surface area contributed by atoms with E-state index >= 15 is 0 Å². The average molecular weight is 285 g/mol. The van der Waals surface area contributed by atoms with Crippen LogP contribution in [0.15, 0.2) is 18.2 Å². The first kappa shape index (κ1) is 13.7. The van der Waals surface area contributed by atoms with Gasteiger partial charge in [-0.05, 0) is 42.5 Å². The number of rotatable bonds is 2. The predicted molar refractivity (Wildman–Crippen MR) is 78.6 cm³/mol. The molecule has 1 aromatic rings. The molecule has 1 saturated heterocycles. The van der Waals surface area contributed by atoms with Crippen LogP contribution in [-0.2, 0) is 17.6 Å². The first-order chi connectivity index (χ1) is 8.33. The molecule has 98 valence electrons. The Labute approximate surface area is 118 Å². The maximum Gasteiger partial charge on any atom is 0.242 e. The second-order valence-electron chi connectivity index (χ2n) is 4.60. The Morgan fingerprint density at radius 1 is 1.33 bits per heavy atom. The number of benzene rings is 1. The summed E-state index contributed by atoms with van der Waals surface area (Å²) >= 11 is 1.77. The molecule has 1 atom stereocenters. The topological polar surface area (TPSA) is 41.1 Å². The zero-order valence-electron chi connectivity index (χ0n) is 10.1. The summed E-state index contributed by atoms with van der Waals surface area (Å²) in [6.45, 7) is 0. The Hall–Kier alpha value is -0.710. The van der Waals surface area contributed by atoms with Crippen LogP contribution in [0.25, 0.3) is 0 Å². The van der Waals surface area contributed by atoms with Crippen molar-refractivity contribution in [2.24, 2.45) is 0 Å². The number of amides is 1. The Balaban J connectivity index is 0.00000120. The summed E-state index contributed by atoms with van der Waals surface area (Å²) < 4.78 is 0. The van der Waals surface area contributed by atoms with E-state index in [0.717, 1.165) is 23.7 Å². The number of aryl methyl sites for hydroxylation is 2. The van der Waals surface area contributed by atoms with Crippen LogP contribution in [0, 0.1) is 0 Å². The first-order valence-electron chi connectivity index (χ1n) is 6.07. The van der Waals surface area contributed by atoms with Crippen LogP contribution in [0.2, 0.25) is 0 Å². The smallest absolute Gasteiger partial charge is 0.242 e. The van der Waals surface area contributed by atoms with Crippen molar-refractivity contribution in [2.75, 3.05) is 16.9 Å². The summed E-state index contributed by atoms with van der Waals surface area (Å²) in [5.74, 6) is 1.84. The number of hydrogen-bond acceptors (Lipinski definition) is 3. The lowest BCUT2D eigenvalue weighted by Crippen LogP contribution is -2.37. The van der Waals surface area contributed by atoms with Gasteiger partial charge in [-0.15, -0.1) is 24.2 Å². The molecule has 0 bridgehead atoms. The maximum absolute atomic E-state index is 11.9. The van der Waals surface area contributed by atoms with Gasteiger partial charge in [-0.1, -0.05) is 6.07 Å². The number of nitrogens with one attached hydrogen (secondary N) is 2. The van der Waals surface area contributed by atoms with Crippen molar-refractivity contribution in [1.82, 2.24) is 5.32 Å². The van der Waals surface area contributed by atoms with Crippen LogP contribution in [0.3, 0.4) is 0 Å². The van der Waals surface area contributed by atoms with Gasteiger partial charge >= 0.3 is 0 Å². The molecule has 3 rings (SSSR count). The molecule has 1 aliphatic heterocycles. The van der Waals surface area contributed by atoms with E-state index in [2.05, 4.69) is 22.8 Å². The van der Waals surface area contributed by atoms with Crippen LogP contribution < -0.4 is 10.6 Å². The molecule has 2 N–H and O–H groups in total. The summed E-state index contributed by atoms with van der Waals surface area (Å²) in [7, 11) is 0. The number of fused-ring (bicyclic) bond motifs is 1. The number of anilines is 1. The molecule has 1 aromatic carbocycles. The Kier molecular flexibility index (Phi) is 4.54. The highest BCUT2D eigenvalue weighted by atomic mass is 35.5. The lowest BCUT2D eigenvalue weighted by Gasteiger charge is -2.11. The van der Waals surface area contributed by atoms with Gasteiger partial charge < -0.3 is 5.32 Å². The van der Waals surface area contributed by atoms with Gasteiger partial charge in [0.05, 0.1) is 6.04 Å². The zero-order chi connectivity index (χ0) is 11.7. The van der Waals surface area contributed by atoms with Crippen molar-refractivity contribution in [3.8, 4) is 0 Å². The van der Waals surface area contributed by atoms with E-state index in [4.69, 9.17) is 0 Å². The molecule has 3 nitrogen and oxygen atoms in total. The molecular formula is C13H17ClN2OS. The molecule has 5 heteroatoms. The molecule has 0 spiro atoms. The van der Waals surface area contributed by atoms with Crippen LogP contribution in [-0.4, -0.2) is 23.6 Å². The second-order valence-corrected chi connectivity index (χ2v) is 5.63. The standard InChI is InChI=1S/C13H16N2OS.ClH/c16-13(12-7-17-8-14-12)15-11-5-4-9-2-1-3-10(9)6-11;/h4-6,12,14H,1-3,7-8H2,(H,15,16);1H. The number of carbonyl (C=O) groups excluding carboxylic acids is 1. The molecule has 0 aromatic heterocycles. The van der Waals surface area contributed by atoms with Crippen molar-refractivity contribution in [3.05, 3.63) is 29.3 Å². The lowest BCUT2D eigenvalue weighted by molar-refractivity contribution is -0.117. The molecule has 18 heavy (non-hydrogen) atoms. The fourth-order valence-corrected chi connectivity index (χ4v) is 3.38. The first-order valence-corrected chi connectivity index (χ1v) is 7.22. The van der Waals surface area contributed by atoms with Gasteiger partial charge in [-0.3, -0.25) is 10.1 Å². The minimum atomic E-state index is -0.0340. The Morgan fingerprint density at radius 2 is 2.17 bits per heavy atom. The third-order valence-corrected chi connectivity index (χ3v) is 4.34. The van der Waals surface area contributed by atoms with Crippen LogP contribution >= 0.6 is 24.2 Å². The monoisotopic (exact) mass is 284 g/mol. The van der Waals surface area contributed by atoms with Gasteiger partial charge in [-0.2, -0.15) is 0 Å². The summed E-state index contributed by atoms with van der Waals surface area (Å²) in [5, 5.41) is 6.18. The zero-order valence-corrected chi connectivity index (χ0v) is 11.7. The number of carbonyl (C=O) groups is 1. The van der Waals surface area contributed by atoms with E-state index in [1.165, 1.54) is 24.0 Å². The Bertz CT molecular complexity index is 447. The minimum Gasteiger partial charge on any atom is -0.325 e. The highest BCUT2D eigenvalue weighted by molar-refractivity contribution is 7.99. The number of thioether (sulfide) groups is 1. The number of halogens is 1. The summed E-state index contributed by atoms with van der Waals surface area (Å²) in [6, 6.07) is 6.26. The van der Waals surface area contributed by atoms with Crippen molar-refractivity contribution < 1.29 is 4.79 Å². The van der Waals surface area contributed by atoms with Gasteiger partial charge in [0.2, 0.25) is 5.91 Å². The summed E-state index contributed by atoms with van der Waals surface area (Å²) in [5.41, 5.74) is 3.78. The Morgan fingerprint density at radius 3 is 2.94 bits per heavy atom. The molecule has 1 unspecified atom stereocenters. The van der Waals surface area contributed by atoms with Gasteiger partial charge in [0.25, 0.3) is 0 Å². The second kappa shape index (κ2) is 5.95. The highest BCUT2D eigenvalue weighted by Gasteiger charge is 2.22. The molecular weight excluding hydrogens is 268 g/mol. The number of hydrogen-bond donors (Lipinski definition) is 2. The molecule has 1 heterocycles.